The van der Waals surface area contributed by atoms with Gasteiger partial charge in [0.1, 0.15) is 24.4 Å². The van der Waals surface area contributed by atoms with E-state index < -0.39 is 12.2 Å². The van der Waals surface area contributed by atoms with Gasteiger partial charge < -0.3 is 29.2 Å². The number of carbonyl (C=O) groups is 4. The molecule has 0 amide bonds. The Hall–Kier alpha value is -2.98. The Morgan fingerprint density at radius 1 is 0.515 bits per heavy atom. The molecule has 2 N–H and O–H groups in total. The van der Waals surface area contributed by atoms with Crippen LogP contribution in [0, 0.1) is 0 Å². The number of aliphatic hydroxyl groups excluding tert-OH is 2. The first-order chi connectivity index (χ1) is 15.4. The molecule has 0 spiro atoms. The number of hydrogen-bond donors (Lipinski definition) is 2. The summed E-state index contributed by atoms with van der Waals surface area (Å²) in [6.07, 6.45) is 9.85. The summed E-state index contributed by atoms with van der Waals surface area (Å²) in [6.45, 7) is 5.43. The van der Waals surface area contributed by atoms with Gasteiger partial charge >= 0.3 is 23.9 Å². The molecule has 0 aliphatic heterocycles. The SMILES string of the molecule is CC(=O)O[C@@H]1C=C[C@H](O)C1.CC(=O)O[C@@H]1C=C[C@H](OC(C)=O)C1.CC(=O)O[C@H]1C=C[C@@H](O)C1. The van der Waals surface area contributed by atoms with Gasteiger partial charge in [-0.25, -0.2) is 0 Å². The van der Waals surface area contributed by atoms with Crippen LogP contribution in [0.5, 0.6) is 0 Å². The highest BCUT2D eigenvalue weighted by Crippen LogP contribution is 2.17. The van der Waals surface area contributed by atoms with Crippen molar-refractivity contribution < 1.29 is 48.3 Å². The zero-order chi connectivity index (χ0) is 25.0. The topological polar surface area (TPSA) is 146 Å². The average Bonchev–Trinajstić information content (AvgIpc) is 3.37. The monoisotopic (exact) mass is 468 g/mol. The molecule has 10 nitrogen and oxygen atoms in total. The molecule has 0 fully saturated rings. The fraction of sp³-hybridized carbons (Fsp3) is 0.565. The van der Waals surface area contributed by atoms with E-state index in [4.69, 9.17) is 29.2 Å². The molecule has 3 aliphatic carbocycles. The maximum absolute atomic E-state index is 10.6. The second-order valence-electron chi connectivity index (χ2n) is 7.59. The second-order valence-corrected chi connectivity index (χ2v) is 7.59. The van der Waals surface area contributed by atoms with Crippen molar-refractivity contribution in [2.75, 3.05) is 0 Å². The minimum absolute atomic E-state index is 0.215. The number of aliphatic hydroxyl groups is 2. The van der Waals surface area contributed by atoms with Crippen molar-refractivity contribution in [3.63, 3.8) is 0 Å². The lowest BCUT2D eigenvalue weighted by Gasteiger charge is -2.11. The van der Waals surface area contributed by atoms with Crippen molar-refractivity contribution in [3.8, 4) is 0 Å². The number of ether oxygens (including phenoxy) is 4. The largest absolute Gasteiger partial charge is 0.458 e. The summed E-state index contributed by atoms with van der Waals surface area (Å²) in [4.78, 5) is 41.9. The van der Waals surface area contributed by atoms with Gasteiger partial charge in [0, 0.05) is 47.0 Å². The molecule has 0 heterocycles. The van der Waals surface area contributed by atoms with Crippen molar-refractivity contribution in [3.05, 3.63) is 36.5 Å². The highest BCUT2D eigenvalue weighted by atomic mass is 16.6. The molecule has 0 saturated carbocycles. The van der Waals surface area contributed by atoms with Gasteiger partial charge in [-0.1, -0.05) is 12.2 Å². The third-order valence-corrected chi connectivity index (χ3v) is 4.32. The molecule has 0 radical (unpaired) electrons. The van der Waals surface area contributed by atoms with E-state index in [9.17, 15) is 19.2 Å². The van der Waals surface area contributed by atoms with Gasteiger partial charge in [-0.05, 0) is 24.3 Å². The minimum Gasteiger partial charge on any atom is -0.458 e. The van der Waals surface area contributed by atoms with Gasteiger partial charge in [0.2, 0.25) is 0 Å². The van der Waals surface area contributed by atoms with Crippen LogP contribution in [0.25, 0.3) is 0 Å². The Labute approximate surface area is 192 Å². The Kier molecular flexibility index (Phi) is 12.1. The third-order valence-electron chi connectivity index (χ3n) is 4.32. The highest BCUT2D eigenvalue weighted by molar-refractivity contribution is 5.67. The number of carbonyl (C=O) groups excluding carboxylic acids is 4. The number of rotatable bonds is 4. The summed E-state index contributed by atoms with van der Waals surface area (Å²) >= 11 is 0. The summed E-state index contributed by atoms with van der Waals surface area (Å²) in [5, 5.41) is 17.9. The summed E-state index contributed by atoms with van der Waals surface area (Å²) in [7, 11) is 0. The first-order valence-electron chi connectivity index (χ1n) is 10.5. The molecule has 0 aromatic heterocycles. The van der Waals surface area contributed by atoms with Crippen LogP contribution in [0.1, 0.15) is 47.0 Å². The Balaban J connectivity index is 0.000000251. The van der Waals surface area contributed by atoms with E-state index in [1.165, 1.54) is 27.7 Å². The number of hydrogen-bond acceptors (Lipinski definition) is 10. The molecule has 6 atom stereocenters. The molecule has 0 unspecified atom stereocenters. The van der Waals surface area contributed by atoms with Crippen LogP contribution < -0.4 is 0 Å². The molecule has 0 bridgehead atoms. The van der Waals surface area contributed by atoms with Crippen LogP contribution in [0.3, 0.4) is 0 Å². The summed E-state index contributed by atoms with van der Waals surface area (Å²) in [6, 6.07) is 0. The summed E-state index contributed by atoms with van der Waals surface area (Å²) in [5.74, 6) is -1.25. The molecule has 3 rings (SSSR count). The van der Waals surface area contributed by atoms with Gasteiger partial charge in [-0.3, -0.25) is 19.2 Å². The maximum Gasteiger partial charge on any atom is 0.303 e. The molecular weight excluding hydrogens is 436 g/mol. The molecular formula is C23H32O10. The molecule has 184 valence electrons. The van der Waals surface area contributed by atoms with Crippen LogP contribution in [0.15, 0.2) is 36.5 Å². The van der Waals surface area contributed by atoms with E-state index in [0.29, 0.717) is 19.3 Å². The van der Waals surface area contributed by atoms with Crippen LogP contribution in [-0.4, -0.2) is 70.7 Å². The van der Waals surface area contributed by atoms with E-state index >= 15 is 0 Å². The third kappa shape index (κ3) is 13.2. The standard InChI is InChI=1S/C9H12O4.2C7H10O3/c1-6(10)12-8-3-4-9(5-8)13-7(2)11;2*1-5(8)10-7-3-2-6(9)4-7/h3-4,8-9H,5H2,1-2H3;2*2-3,6-7,9H,4H2,1H3/t8-,9+;2*6-,7+/m.10/s1. The first kappa shape index (κ1) is 28.1. The lowest BCUT2D eigenvalue weighted by Crippen LogP contribution is -2.17. The summed E-state index contributed by atoms with van der Waals surface area (Å²) in [5.41, 5.74) is 0. The average molecular weight is 468 g/mol. The van der Waals surface area contributed by atoms with E-state index in [0.717, 1.165) is 0 Å². The van der Waals surface area contributed by atoms with E-state index in [1.807, 2.05) is 0 Å². The van der Waals surface area contributed by atoms with Gasteiger partial charge in [0.05, 0.1) is 12.2 Å². The van der Waals surface area contributed by atoms with Gasteiger partial charge in [-0.2, -0.15) is 0 Å². The molecule has 0 aromatic rings. The normalized spacial score (nSPS) is 28.7. The smallest absolute Gasteiger partial charge is 0.303 e. The van der Waals surface area contributed by atoms with Crippen molar-refractivity contribution in [1.82, 2.24) is 0 Å². The molecule has 3 aliphatic rings. The van der Waals surface area contributed by atoms with Crippen LogP contribution in [0.2, 0.25) is 0 Å². The van der Waals surface area contributed by atoms with Crippen molar-refractivity contribution in [1.29, 1.82) is 0 Å². The van der Waals surface area contributed by atoms with Crippen molar-refractivity contribution >= 4 is 23.9 Å². The molecule has 0 saturated heterocycles. The fourth-order valence-electron chi connectivity index (χ4n) is 3.13. The minimum atomic E-state index is -0.440. The predicted molar refractivity (Wildman–Crippen MR) is 116 cm³/mol. The lowest BCUT2D eigenvalue weighted by molar-refractivity contribution is -0.148. The Morgan fingerprint density at radius 3 is 0.970 bits per heavy atom. The highest BCUT2D eigenvalue weighted by Gasteiger charge is 2.23. The van der Waals surface area contributed by atoms with E-state index in [2.05, 4.69) is 0 Å². The predicted octanol–water partition coefficient (Wildman–Crippen LogP) is 1.29. The van der Waals surface area contributed by atoms with Gasteiger partial charge in [-0.15, -0.1) is 0 Å². The van der Waals surface area contributed by atoms with Crippen LogP contribution >= 0.6 is 0 Å². The van der Waals surface area contributed by atoms with Crippen molar-refractivity contribution in [2.45, 2.75) is 83.6 Å². The zero-order valence-electron chi connectivity index (χ0n) is 19.2. The van der Waals surface area contributed by atoms with Gasteiger partial charge in [0.25, 0.3) is 0 Å². The summed E-state index contributed by atoms with van der Waals surface area (Å²) < 4.78 is 19.4. The second kappa shape index (κ2) is 14.2. The van der Waals surface area contributed by atoms with Crippen LogP contribution in [0.4, 0.5) is 0 Å². The quantitative estimate of drug-likeness (QED) is 0.351. The lowest BCUT2D eigenvalue weighted by atomic mass is 10.3. The van der Waals surface area contributed by atoms with Gasteiger partial charge in [0.15, 0.2) is 0 Å². The zero-order valence-corrected chi connectivity index (χ0v) is 19.2. The first-order valence-corrected chi connectivity index (χ1v) is 10.5. The Morgan fingerprint density at radius 2 is 0.758 bits per heavy atom. The maximum atomic E-state index is 10.6. The van der Waals surface area contributed by atoms with Crippen molar-refractivity contribution in [2.24, 2.45) is 0 Å². The fourth-order valence-corrected chi connectivity index (χ4v) is 3.13. The van der Waals surface area contributed by atoms with E-state index in [-0.39, 0.29) is 48.3 Å². The van der Waals surface area contributed by atoms with E-state index in [1.54, 1.807) is 36.5 Å². The Bertz CT molecular complexity index is 707. The molecule has 10 heteroatoms. The molecule has 0 aromatic carbocycles. The van der Waals surface area contributed by atoms with Crippen LogP contribution in [-0.2, 0) is 38.1 Å². The number of esters is 4. The molecule has 33 heavy (non-hydrogen) atoms.